The predicted octanol–water partition coefficient (Wildman–Crippen LogP) is 3.57. The third-order valence-electron chi connectivity index (χ3n) is 2.85. The molecule has 0 fully saturated rings. The normalized spacial score (nSPS) is 10.7. The molecule has 4 nitrogen and oxygen atoms in total. The number of rotatable bonds is 3. The van der Waals surface area contributed by atoms with Crippen molar-refractivity contribution >= 4 is 22.5 Å². The highest BCUT2D eigenvalue weighted by Crippen LogP contribution is 2.28. The summed E-state index contributed by atoms with van der Waals surface area (Å²) in [5, 5.41) is 10.6. The molecule has 20 heavy (non-hydrogen) atoms. The highest BCUT2D eigenvalue weighted by Gasteiger charge is 2.07. The number of nitrogens with zero attached hydrogens (tertiary/aromatic N) is 2. The number of halogens is 1. The average molecular weight is 287 g/mol. The van der Waals surface area contributed by atoms with E-state index >= 15 is 0 Å². The van der Waals surface area contributed by atoms with E-state index in [1.807, 2.05) is 30.3 Å². The van der Waals surface area contributed by atoms with Crippen LogP contribution in [0.15, 0.2) is 48.7 Å². The summed E-state index contributed by atoms with van der Waals surface area (Å²) in [6.45, 7) is -0.232. The molecule has 0 amide bonds. The molecule has 100 valence electrons. The molecule has 5 heteroatoms. The van der Waals surface area contributed by atoms with Gasteiger partial charge in [-0.05, 0) is 18.2 Å². The lowest BCUT2D eigenvalue weighted by molar-refractivity contribution is 0.275. The molecular formula is C15H11ClN2O2. The van der Waals surface area contributed by atoms with Crippen LogP contribution in [0.4, 0.5) is 0 Å². The van der Waals surface area contributed by atoms with E-state index in [1.54, 1.807) is 18.3 Å². The molecule has 0 spiro atoms. The van der Waals surface area contributed by atoms with Crippen molar-refractivity contribution in [1.29, 1.82) is 0 Å². The molecule has 0 aliphatic heterocycles. The maximum absolute atomic E-state index is 9.17. The van der Waals surface area contributed by atoms with Crippen LogP contribution in [0.1, 0.15) is 5.69 Å². The molecule has 2 aromatic heterocycles. The monoisotopic (exact) mass is 286 g/mol. The minimum atomic E-state index is -0.232. The zero-order valence-corrected chi connectivity index (χ0v) is 11.2. The maximum atomic E-state index is 9.17. The molecule has 0 saturated heterocycles. The summed E-state index contributed by atoms with van der Waals surface area (Å²) in [7, 11) is 0. The zero-order chi connectivity index (χ0) is 13.9. The highest BCUT2D eigenvalue weighted by molar-refractivity contribution is 6.31. The van der Waals surface area contributed by atoms with Crippen LogP contribution >= 0.6 is 11.6 Å². The second kappa shape index (κ2) is 5.45. The quantitative estimate of drug-likeness (QED) is 0.800. The number of ether oxygens (including phenoxy) is 1. The largest absolute Gasteiger partial charge is 0.437 e. The summed E-state index contributed by atoms with van der Waals surface area (Å²) in [5.74, 6) is 0.985. The van der Waals surface area contributed by atoms with Gasteiger partial charge in [-0.15, -0.1) is 0 Å². The Hall–Kier alpha value is -2.17. The van der Waals surface area contributed by atoms with Gasteiger partial charge in [0.05, 0.1) is 17.3 Å². The van der Waals surface area contributed by atoms with Gasteiger partial charge in [0.25, 0.3) is 0 Å². The van der Waals surface area contributed by atoms with Gasteiger partial charge in [0.2, 0.25) is 5.88 Å². The first-order valence-electron chi connectivity index (χ1n) is 6.06. The fourth-order valence-electron chi connectivity index (χ4n) is 1.90. The maximum Gasteiger partial charge on any atom is 0.219 e. The molecule has 0 aliphatic carbocycles. The molecule has 1 aromatic carbocycles. The van der Waals surface area contributed by atoms with Crippen molar-refractivity contribution in [1.82, 2.24) is 9.97 Å². The Morgan fingerprint density at radius 1 is 1.10 bits per heavy atom. The van der Waals surface area contributed by atoms with E-state index in [1.165, 1.54) is 0 Å². The van der Waals surface area contributed by atoms with Crippen LogP contribution in [0, 0.1) is 0 Å². The Kier molecular flexibility index (Phi) is 3.50. The number of hydrogen-bond donors (Lipinski definition) is 1. The summed E-state index contributed by atoms with van der Waals surface area (Å²) in [5.41, 5.74) is 1.15. The molecule has 3 aromatic rings. The Bertz CT molecular complexity index is 756. The van der Waals surface area contributed by atoms with Crippen LogP contribution in [0.2, 0.25) is 5.02 Å². The third-order valence-corrected chi connectivity index (χ3v) is 3.20. The fraction of sp³-hybridized carbons (Fsp3) is 0.0667. The smallest absolute Gasteiger partial charge is 0.219 e. The van der Waals surface area contributed by atoms with Crippen molar-refractivity contribution in [2.75, 3.05) is 0 Å². The standard InChI is InChI=1S/C15H11ClN2O2/c16-11-6-7-14(18-12(11)9-19)20-13-5-1-3-10-4-2-8-17-15(10)13/h1-8,19H,9H2. The third kappa shape index (κ3) is 2.43. The van der Waals surface area contributed by atoms with Gasteiger partial charge in [-0.3, -0.25) is 4.98 Å². The van der Waals surface area contributed by atoms with Gasteiger partial charge in [0, 0.05) is 17.6 Å². The SMILES string of the molecule is OCc1nc(Oc2cccc3cccnc23)ccc1Cl. The van der Waals surface area contributed by atoms with Crippen LogP contribution in [0.3, 0.4) is 0 Å². The van der Waals surface area contributed by atoms with Gasteiger partial charge >= 0.3 is 0 Å². The first-order valence-corrected chi connectivity index (χ1v) is 6.43. The number of hydrogen-bond acceptors (Lipinski definition) is 4. The van der Waals surface area contributed by atoms with Gasteiger partial charge < -0.3 is 9.84 Å². The number of para-hydroxylation sites is 1. The molecule has 2 heterocycles. The Morgan fingerprint density at radius 2 is 1.95 bits per heavy atom. The lowest BCUT2D eigenvalue weighted by atomic mass is 10.2. The van der Waals surface area contributed by atoms with E-state index in [4.69, 9.17) is 21.4 Å². The van der Waals surface area contributed by atoms with E-state index in [0.717, 1.165) is 10.9 Å². The molecule has 0 unspecified atom stereocenters. The van der Waals surface area contributed by atoms with E-state index in [0.29, 0.717) is 22.3 Å². The Balaban J connectivity index is 2.01. The van der Waals surface area contributed by atoms with Crippen molar-refractivity contribution in [3.63, 3.8) is 0 Å². The first-order chi connectivity index (χ1) is 9.78. The summed E-state index contributed by atoms with van der Waals surface area (Å²) in [6.07, 6.45) is 1.71. The van der Waals surface area contributed by atoms with Crippen LogP contribution in [0.25, 0.3) is 10.9 Å². The first kappa shape index (κ1) is 12.8. The van der Waals surface area contributed by atoms with Crippen LogP contribution in [-0.2, 0) is 6.61 Å². The Labute approximate surface area is 120 Å². The second-order valence-corrected chi connectivity index (χ2v) is 4.58. The zero-order valence-electron chi connectivity index (χ0n) is 10.5. The van der Waals surface area contributed by atoms with Crippen LogP contribution in [0.5, 0.6) is 11.6 Å². The van der Waals surface area contributed by atoms with Crippen molar-refractivity contribution in [2.45, 2.75) is 6.61 Å². The Morgan fingerprint density at radius 3 is 2.80 bits per heavy atom. The number of aromatic nitrogens is 2. The van der Waals surface area contributed by atoms with Crippen molar-refractivity contribution in [2.24, 2.45) is 0 Å². The van der Waals surface area contributed by atoms with Crippen LogP contribution < -0.4 is 4.74 Å². The number of benzene rings is 1. The predicted molar refractivity (Wildman–Crippen MR) is 77.0 cm³/mol. The minimum absolute atomic E-state index is 0.232. The molecule has 1 N–H and O–H groups in total. The molecule has 0 saturated carbocycles. The second-order valence-electron chi connectivity index (χ2n) is 4.17. The van der Waals surface area contributed by atoms with Crippen LogP contribution in [-0.4, -0.2) is 15.1 Å². The average Bonchev–Trinajstić information content (AvgIpc) is 2.49. The summed E-state index contributed by atoms with van der Waals surface area (Å²) < 4.78 is 5.75. The van der Waals surface area contributed by atoms with Gasteiger partial charge in [-0.1, -0.05) is 29.8 Å². The number of fused-ring (bicyclic) bond motifs is 1. The highest BCUT2D eigenvalue weighted by atomic mass is 35.5. The van der Waals surface area contributed by atoms with Gasteiger partial charge in [0.15, 0.2) is 5.75 Å². The minimum Gasteiger partial charge on any atom is -0.437 e. The topological polar surface area (TPSA) is 55.2 Å². The summed E-state index contributed by atoms with van der Waals surface area (Å²) in [6, 6.07) is 12.8. The van der Waals surface area contributed by atoms with Gasteiger partial charge in [0.1, 0.15) is 5.52 Å². The van der Waals surface area contributed by atoms with E-state index in [2.05, 4.69) is 9.97 Å². The van der Waals surface area contributed by atoms with E-state index in [-0.39, 0.29) is 6.61 Å². The lowest BCUT2D eigenvalue weighted by Gasteiger charge is -2.08. The van der Waals surface area contributed by atoms with Crippen molar-refractivity contribution in [3.8, 4) is 11.6 Å². The molecule has 3 rings (SSSR count). The lowest BCUT2D eigenvalue weighted by Crippen LogP contribution is -1.95. The van der Waals surface area contributed by atoms with E-state index in [9.17, 15) is 0 Å². The van der Waals surface area contributed by atoms with Gasteiger partial charge in [-0.2, -0.15) is 0 Å². The molecule has 0 radical (unpaired) electrons. The van der Waals surface area contributed by atoms with E-state index < -0.39 is 0 Å². The van der Waals surface area contributed by atoms with Gasteiger partial charge in [-0.25, -0.2) is 4.98 Å². The number of aliphatic hydroxyl groups is 1. The molecule has 0 bridgehead atoms. The molecule has 0 atom stereocenters. The number of aliphatic hydroxyl groups excluding tert-OH is 1. The van der Waals surface area contributed by atoms with Crippen molar-refractivity contribution < 1.29 is 9.84 Å². The summed E-state index contributed by atoms with van der Waals surface area (Å²) >= 11 is 5.90. The summed E-state index contributed by atoms with van der Waals surface area (Å²) in [4.78, 5) is 8.47. The fourth-order valence-corrected chi connectivity index (χ4v) is 2.07. The number of pyridine rings is 2. The van der Waals surface area contributed by atoms with Crippen molar-refractivity contribution in [3.05, 3.63) is 59.4 Å². The molecule has 0 aliphatic rings. The molecular weight excluding hydrogens is 276 g/mol.